The number of carbonyl (C=O) groups excluding carboxylic acids is 1. The van der Waals surface area contributed by atoms with Gasteiger partial charge in [-0.3, -0.25) is 9.48 Å². The maximum atomic E-state index is 12.7. The van der Waals surface area contributed by atoms with E-state index in [0.29, 0.717) is 16.9 Å². The fourth-order valence-corrected chi connectivity index (χ4v) is 2.91. The molecule has 0 saturated heterocycles. The quantitative estimate of drug-likeness (QED) is 0.619. The Morgan fingerprint density at radius 2 is 1.88 bits per heavy atom. The smallest absolute Gasteiger partial charge is 0.261 e. The molecule has 0 saturated carbocycles. The SMILES string of the molecule is Cc1ccc(-c2ccnc3c(C(=O)Nc4cn(C)nc4C)cnn23)cc1. The Morgan fingerprint density at radius 1 is 1.12 bits per heavy atom. The standard InChI is InChI=1S/C19H18N6O/c1-12-4-6-14(7-5-12)17-8-9-20-18-15(10-21-25(17)18)19(26)22-16-11-24(3)23-13(16)2/h4-11H,1-3H3,(H,22,26). The van der Waals surface area contributed by atoms with Crippen LogP contribution in [0.1, 0.15) is 21.6 Å². The van der Waals surface area contributed by atoms with E-state index in [2.05, 4.69) is 20.5 Å². The van der Waals surface area contributed by atoms with Crippen LogP contribution in [0.3, 0.4) is 0 Å². The molecule has 7 heteroatoms. The van der Waals surface area contributed by atoms with Crippen LogP contribution in [0, 0.1) is 13.8 Å². The number of benzene rings is 1. The molecule has 0 fully saturated rings. The third kappa shape index (κ3) is 2.73. The summed E-state index contributed by atoms with van der Waals surface area (Å²) in [5.41, 5.74) is 5.45. The summed E-state index contributed by atoms with van der Waals surface area (Å²) in [6.45, 7) is 3.89. The number of amides is 1. The molecule has 1 aromatic carbocycles. The van der Waals surface area contributed by atoms with Gasteiger partial charge in [0.05, 0.1) is 23.3 Å². The van der Waals surface area contributed by atoms with E-state index in [1.807, 2.05) is 51.2 Å². The molecule has 0 aliphatic heterocycles. The normalized spacial score (nSPS) is 11.0. The number of aromatic nitrogens is 5. The fraction of sp³-hybridized carbons (Fsp3) is 0.158. The van der Waals surface area contributed by atoms with Crippen LogP contribution >= 0.6 is 0 Å². The number of fused-ring (bicyclic) bond motifs is 1. The monoisotopic (exact) mass is 346 g/mol. The Balaban J connectivity index is 1.73. The number of rotatable bonds is 3. The van der Waals surface area contributed by atoms with Gasteiger partial charge in [0.2, 0.25) is 0 Å². The zero-order chi connectivity index (χ0) is 18.3. The minimum atomic E-state index is -0.260. The Labute approximate surface area is 150 Å². The minimum Gasteiger partial charge on any atom is -0.319 e. The van der Waals surface area contributed by atoms with Crippen LogP contribution in [0.15, 0.2) is 48.9 Å². The van der Waals surface area contributed by atoms with Crippen molar-refractivity contribution in [2.24, 2.45) is 7.05 Å². The fourth-order valence-electron chi connectivity index (χ4n) is 2.91. The Hall–Kier alpha value is -3.48. The van der Waals surface area contributed by atoms with Crippen molar-refractivity contribution < 1.29 is 4.79 Å². The van der Waals surface area contributed by atoms with Gasteiger partial charge in [0.1, 0.15) is 5.56 Å². The Bertz CT molecular complexity index is 1110. The lowest BCUT2D eigenvalue weighted by atomic mass is 10.1. The number of hydrogen-bond acceptors (Lipinski definition) is 4. The Morgan fingerprint density at radius 3 is 2.58 bits per heavy atom. The first-order chi connectivity index (χ1) is 12.5. The van der Waals surface area contributed by atoms with Crippen LogP contribution in [-0.4, -0.2) is 30.3 Å². The molecule has 7 nitrogen and oxygen atoms in total. The molecule has 1 N–H and O–H groups in total. The van der Waals surface area contributed by atoms with E-state index >= 15 is 0 Å². The predicted molar refractivity (Wildman–Crippen MR) is 99.1 cm³/mol. The largest absolute Gasteiger partial charge is 0.319 e. The van der Waals surface area contributed by atoms with Crippen molar-refractivity contribution >= 4 is 17.2 Å². The van der Waals surface area contributed by atoms with Crippen LogP contribution < -0.4 is 5.32 Å². The highest BCUT2D eigenvalue weighted by molar-refractivity contribution is 6.08. The molecule has 130 valence electrons. The minimum absolute atomic E-state index is 0.260. The van der Waals surface area contributed by atoms with E-state index < -0.39 is 0 Å². The molecule has 0 bridgehead atoms. The first kappa shape index (κ1) is 16.0. The summed E-state index contributed by atoms with van der Waals surface area (Å²) in [4.78, 5) is 17.1. The summed E-state index contributed by atoms with van der Waals surface area (Å²) in [6.07, 6.45) is 5.00. The summed E-state index contributed by atoms with van der Waals surface area (Å²) >= 11 is 0. The van der Waals surface area contributed by atoms with Crippen molar-refractivity contribution in [3.63, 3.8) is 0 Å². The molecule has 0 spiro atoms. The van der Waals surface area contributed by atoms with Crippen LogP contribution in [-0.2, 0) is 7.05 Å². The molecule has 0 radical (unpaired) electrons. The molecule has 4 rings (SSSR count). The lowest BCUT2D eigenvalue weighted by Gasteiger charge is -2.06. The number of carbonyl (C=O) groups is 1. The summed E-state index contributed by atoms with van der Waals surface area (Å²) < 4.78 is 3.35. The molecular weight excluding hydrogens is 328 g/mol. The van der Waals surface area contributed by atoms with Crippen LogP contribution in [0.2, 0.25) is 0 Å². The number of hydrogen-bond donors (Lipinski definition) is 1. The van der Waals surface area contributed by atoms with E-state index in [-0.39, 0.29) is 5.91 Å². The summed E-state index contributed by atoms with van der Waals surface area (Å²) in [5.74, 6) is -0.260. The summed E-state index contributed by atoms with van der Waals surface area (Å²) in [7, 11) is 1.81. The molecular formula is C19H18N6O. The van der Waals surface area contributed by atoms with Crippen molar-refractivity contribution in [1.82, 2.24) is 24.4 Å². The predicted octanol–water partition coefficient (Wildman–Crippen LogP) is 3.00. The van der Waals surface area contributed by atoms with E-state index in [9.17, 15) is 4.79 Å². The first-order valence-corrected chi connectivity index (χ1v) is 8.24. The zero-order valence-corrected chi connectivity index (χ0v) is 14.8. The summed E-state index contributed by atoms with van der Waals surface area (Å²) in [5, 5.41) is 11.5. The highest BCUT2D eigenvalue weighted by atomic mass is 16.1. The zero-order valence-electron chi connectivity index (χ0n) is 14.8. The van der Waals surface area contributed by atoms with Gasteiger partial charge in [-0.25, -0.2) is 9.50 Å². The number of nitrogens with one attached hydrogen (secondary N) is 1. The lowest BCUT2D eigenvalue weighted by Crippen LogP contribution is -2.12. The third-order valence-electron chi connectivity index (χ3n) is 4.25. The number of anilines is 1. The van der Waals surface area contributed by atoms with E-state index in [1.165, 1.54) is 5.56 Å². The van der Waals surface area contributed by atoms with Gasteiger partial charge in [0.25, 0.3) is 5.91 Å². The van der Waals surface area contributed by atoms with Crippen LogP contribution in [0.5, 0.6) is 0 Å². The van der Waals surface area contributed by atoms with Gasteiger partial charge >= 0.3 is 0 Å². The third-order valence-corrected chi connectivity index (χ3v) is 4.25. The molecule has 1 amide bonds. The van der Waals surface area contributed by atoms with Gasteiger partial charge in [0.15, 0.2) is 5.65 Å². The highest BCUT2D eigenvalue weighted by Gasteiger charge is 2.17. The Kier molecular flexibility index (Phi) is 3.76. The van der Waals surface area contributed by atoms with Crippen molar-refractivity contribution in [3.8, 4) is 11.3 Å². The van der Waals surface area contributed by atoms with Gasteiger partial charge in [-0.05, 0) is 19.9 Å². The molecule has 26 heavy (non-hydrogen) atoms. The number of nitrogens with zero attached hydrogens (tertiary/aromatic N) is 5. The van der Waals surface area contributed by atoms with Gasteiger partial charge in [-0.2, -0.15) is 10.2 Å². The average Bonchev–Trinajstić information content (AvgIpc) is 3.18. The van der Waals surface area contributed by atoms with E-state index in [0.717, 1.165) is 17.0 Å². The molecule has 0 aliphatic carbocycles. The van der Waals surface area contributed by atoms with Crippen LogP contribution in [0.25, 0.3) is 16.9 Å². The highest BCUT2D eigenvalue weighted by Crippen LogP contribution is 2.22. The second-order valence-corrected chi connectivity index (χ2v) is 6.25. The topological polar surface area (TPSA) is 77.1 Å². The van der Waals surface area contributed by atoms with Crippen molar-refractivity contribution in [3.05, 3.63) is 65.7 Å². The van der Waals surface area contributed by atoms with Gasteiger partial charge < -0.3 is 5.32 Å². The maximum absolute atomic E-state index is 12.7. The molecule has 0 unspecified atom stereocenters. The average molecular weight is 346 g/mol. The van der Waals surface area contributed by atoms with E-state index in [4.69, 9.17) is 0 Å². The van der Waals surface area contributed by atoms with Crippen LogP contribution in [0.4, 0.5) is 5.69 Å². The molecule has 0 atom stereocenters. The molecule has 3 aromatic heterocycles. The van der Waals surface area contributed by atoms with Crippen molar-refractivity contribution in [2.45, 2.75) is 13.8 Å². The molecule has 4 aromatic rings. The van der Waals surface area contributed by atoms with Crippen molar-refractivity contribution in [2.75, 3.05) is 5.32 Å². The molecule has 0 aliphatic rings. The second-order valence-electron chi connectivity index (χ2n) is 6.25. The molecule has 3 heterocycles. The second kappa shape index (κ2) is 6.11. The number of aryl methyl sites for hydroxylation is 3. The maximum Gasteiger partial charge on any atom is 0.261 e. The first-order valence-electron chi connectivity index (χ1n) is 8.24. The van der Waals surface area contributed by atoms with E-state index in [1.54, 1.807) is 27.8 Å². The van der Waals surface area contributed by atoms with Gasteiger partial charge in [0, 0.05) is 25.0 Å². The van der Waals surface area contributed by atoms with Crippen molar-refractivity contribution in [1.29, 1.82) is 0 Å². The summed E-state index contributed by atoms with van der Waals surface area (Å²) in [6, 6.07) is 10.0. The van der Waals surface area contributed by atoms with Gasteiger partial charge in [-0.15, -0.1) is 0 Å². The van der Waals surface area contributed by atoms with Gasteiger partial charge in [-0.1, -0.05) is 29.8 Å². The lowest BCUT2D eigenvalue weighted by molar-refractivity contribution is 0.102.